The number of carbonyl (C=O) groups is 1. The number of unbranched alkanes of at least 4 members (excludes halogenated alkanes) is 3. The van der Waals surface area contributed by atoms with E-state index in [1.807, 2.05) is 0 Å². The van der Waals surface area contributed by atoms with Gasteiger partial charge in [0.25, 0.3) is 0 Å². The molecule has 0 aliphatic rings. The van der Waals surface area contributed by atoms with Crippen LogP contribution in [0.2, 0.25) is 0 Å². The van der Waals surface area contributed by atoms with E-state index in [9.17, 15) is 4.79 Å². The fraction of sp³-hybridized carbons (Fsp3) is 0.923. The second kappa shape index (κ2) is 9.14. The number of carbonyl (C=O) groups excluding carboxylic acids is 1. The van der Waals surface area contributed by atoms with E-state index in [1.54, 1.807) is 6.92 Å². The predicted molar refractivity (Wildman–Crippen MR) is 80.4 cm³/mol. The lowest BCUT2D eigenvalue weighted by atomic mass is 10.0. The summed E-state index contributed by atoms with van der Waals surface area (Å²) in [5.74, 6) is 0.503. The molecule has 2 N–H and O–H groups in total. The molecular formula is C13H26INO2. The largest absolute Gasteiger partial charge is 0.464 e. The number of rotatable bonds is 9. The topological polar surface area (TPSA) is 52.3 Å². The zero-order chi connectivity index (χ0) is 13.3. The molecule has 1 atom stereocenters. The lowest BCUT2D eigenvalue weighted by molar-refractivity contribution is -0.148. The highest BCUT2D eigenvalue weighted by Gasteiger charge is 2.28. The number of nitrogens with two attached hydrogens (primary N) is 1. The summed E-state index contributed by atoms with van der Waals surface area (Å²) in [5.41, 5.74) is 4.94. The van der Waals surface area contributed by atoms with Crippen molar-refractivity contribution in [1.29, 1.82) is 0 Å². The Balaban J connectivity index is 3.43. The van der Waals surface area contributed by atoms with Gasteiger partial charge in [-0.05, 0) is 19.3 Å². The van der Waals surface area contributed by atoms with Crippen LogP contribution in [-0.2, 0) is 9.53 Å². The Bertz CT molecular complexity index is 217. The zero-order valence-electron chi connectivity index (χ0n) is 11.3. The molecule has 17 heavy (non-hydrogen) atoms. The Morgan fingerprint density at radius 3 is 2.41 bits per heavy atom. The molecule has 0 radical (unpaired) electrons. The molecule has 4 heteroatoms. The first-order valence-corrected chi connectivity index (χ1v) is 7.94. The van der Waals surface area contributed by atoms with E-state index < -0.39 is 5.54 Å². The fourth-order valence-electron chi connectivity index (χ4n) is 1.39. The summed E-state index contributed by atoms with van der Waals surface area (Å²) in [6, 6.07) is 0. The van der Waals surface area contributed by atoms with Crippen LogP contribution in [-0.4, -0.2) is 22.5 Å². The van der Waals surface area contributed by atoms with Crippen molar-refractivity contribution in [3.05, 3.63) is 0 Å². The number of alkyl halides is 1. The summed E-state index contributed by atoms with van der Waals surface area (Å²) in [5, 5.41) is 0. The number of esters is 1. The van der Waals surface area contributed by atoms with Crippen molar-refractivity contribution in [2.45, 2.75) is 58.4 Å². The van der Waals surface area contributed by atoms with Gasteiger partial charge in [-0.1, -0.05) is 62.1 Å². The quantitative estimate of drug-likeness (QED) is 0.299. The van der Waals surface area contributed by atoms with E-state index in [0.29, 0.717) is 11.0 Å². The van der Waals surface area contributed by atoms with Gasteiger partial charge in [-0.25, -0.2) is 0 Å². The number of halogens is 1. The van der Waals surface area contributed by atoms with Crippen molar-refractivity contribution in [2.24, 2.45) is 11.7 Å². The van der Waals surface area contributed by atoms with Gasteiger partial charge in [-0.3, -0.25) is 4.79 Å². The normalized spacial score (nSPS) is 14.7. The van der Waals surface area contributed by atoms with Gasteiger partial charge >= 0.3 is 5.97 Å². The van der Waals surface area contributed by atoms with E-state index in [4.69, 9.17) is 10.5 Å². The average Bonchev–Trinajstić information content (AvgIpc) is 2.27. The van der Waals surface area contributed by atoms with Crippen molar-refractivity contribution >= 4 is 28.6 Å². The Morgan fingerprint density at radius 2 is 1.88 bits per heavy atom. The van der Waals surface area contributed by atoms with Crippen LogP contribution in [0.4, 0.5) is 0 Å². The molecule has 0 fully saturated rings. The zero-order valence-corrected chi connectivity index (χ0v) is 13.5. The van der Waals surface area contributed by atoms with Gasteiger partial charge in [0, 0.05) is 4.43 Å². The highest BCUT2D eigenvalue weighted by Crippen LogP contribution is 2.10. The lowest BCUT2D eigenvalue weighted by Gasteiger charge is -2.19. The molecule has 0 amide bonds. The van der Waals surface area contributed by atoms with Crippen LogP contribution in [0.3, 0.4) is 0 Å². The lowest BCUT2D eigenvalue weighted by Crippen LogP contribution is -2.47. The van der Waals surface area contributed by atoms with Crippen LogP contribution >= 0.6 is 22.6 Å². The third-order valence-electron chi connectivity index (χ3n) is 2.65. The molecule has 0 saturated heterocycles. The molecule has 0 saturated carbocycles. The highest BCUT2D eigenvalue weighted by atomic mass is 127. The molecule has 1 unspecified atom stereocenters. The Kier molecular flexibility index (Phi) is 9.22. The smallest absolute Gasteiger partial charge is 0.326 e. The van der Waals surface area contributed by atoms with Crippen molar-refractivity contribution in [3.63, 3.8) is 0 Å². The van der Waals surface area contributed by atoms with Crippen LogP contribution in [0.1, 0.15) is 52.9 Å². The minimum atomic E-state index is -0.835. The van der Waals surface area contributed by atoms with E-state index in [2.05, 4.69) is 36.4 Å². The van der Waals surface area contributed by atoms with Gasteiger partial charge in [-0.15, -0.1) is 0 Å². The standard InChI is InChI=1S/C13H26INO2/c1-11(2)8-6-4-5-7-9-17-12(16)13(3,15)10-14/h11H,4-10,15H2,1-3H3. The Labute approximate surface area is 119 Å². The second-order valence-corrected chi connectivity index (χ2v) is 6.05. The number of ether oxygens (including phenoxy) is 1. The van der Waals surface area contributed by atoms with Crippen molar-refractivity contribution in [1.82, 2.24) is 0 Å². The van der Waals surface area contributed by atoms with E-state index in [0.717, 1.165) is 18.8 Å². The molecule has 0 aromatic heterocycles. The molecule has 3 nitrogen and oxygen atoms in total. The predicted octanol–water partition coefficient (Wildman–Crippen LogP) is 3.29. The van der Waals surface area contributed by atoms with Crippen LogP contribution in [0.5, 0.6) is 0 Å². The van der Waals surface area contributed by atoms with E-state index in [1.165, 1.54) is 19.3 Å². The molecule has 0 heterocycles. The fourth-order valence-corrected chi connectivity index (χ4v) is 1.70. The molecule has 0 spiro atoms. The van der Waals surface area contributed by atoms with Crippen LogP contribution in [0, 0.1) is 5.92 Å². The molecule has 0 aliphatic carbocycles. The minimum absolute atomic E-state index is 0.283. The first kappa shape index (κ1) is 17.2. The van der Waals surface area contributed by atoms with E-state index >= 15 is 0 Å². The van der Waals surface area contributed by atoms with Gasteiger partial charge in [0.15, 0.2) is 0 Å². The second-order valence-electron chi connectivity index (χ2n) is 5.28. The molecule has 0 aromatic rings. The molecule has 0 aromatic carbocycles. The Morgan fingerprint density at radius 1 is 1.29 bits per heavy atom. The molecule has 0 rings (SSSR count). The SMILES string of the molecule is CC(C)CCCCCCOC(=O)C(C)(N)CI. The number of hydrogen-bond acceptors (Lipinski definition) is 3. The summed E-state index contributed by atoms with van der Waals surface area (Å²) in [6.45, 7) is 6.70. The average molecular weight is 355 g/mol. The van der Waals surface area contributed by atoms with Crippen LogP contribution < -0.4 is 5.73 Å². The van der Waals surface area contributed by atoms with Gasteiger partial charge in [0.1, 0.15) is 5.54 Å². The monoisotopic (exact) mass is 355 g/mol. The maximum Gasteiger partial charge on any atom is 0.326 e. The Hall–Kier alpha value is 0.160. The summed E-state index contributed by atoms with van der Waals surface area (Å²) < 4.78 is 5.74. The molecular weight excluding hydrogens is 329 g/mol. The van der Waals surface area contributed by atoms with Crippen LogP contribution in [0.25, 0.3) is 0 Å². The summed E-state index contributed by atoms with van der Waals surface area (Å²) in [6.07, 6.45) is 5.86. The first-order chi connectivity index (χ1) is 7.90. The van der Waals surface area contributed by atoms with Gasteiger partial charge in [0.2, 0.25) is 0 Å². The van der Waals surface area contributed by atoms with Crippen molar-refractivity contribution in [2.75, 3.05) is 11.0 Å². The third-order valence-corrected chi connectivity index (χ3v) is 4.24. The minimum Gasteiger partial charge on any atom is -0.464 e. The van der Waals surface area contributed by atoms with Crippen molar-refractivity contribution in [3.8, 4) is 0 Å². The summed E-state index contributed by atoms with van der Waals surface area (Å²) in [7, 11) is 0. The third kappa shape index (κ3) is 8.83. The van der Waals surface area contributed by atoms with E-state index in [-0.39, 0.29) is 5.97 Å². The summed E-state index contributed by atoms with van der Waals surface area (Å²) >= 11 is 2.11. The van der Waals surface area contributed by atoms with Gasteiger partial charge in [0.05, 0.1) is 6.61 Å². The van der Waals surface area contributed by atoms with Gasteiger partial charge < -0.3 is 10.5 Å². The summed E-state index contributed by atoms with van der Waals surface area (Å²) in [4.78, 5) is 11.5. The molecule has 0 aliphatic heterocycles. The van der Waals surface area contributed by atoms with Crippen molar-refractivity contribution < 1.29 is 9.53 Å². The number of hydrogen-bond donors (Lipinski definition) is 1. The maximum absolute atomic E-state index is 11.5. The van der Waals surface area contributed by atoms with Gasteiger partial charge in [-0.2, -0.15) is 0 Å². The molecule has 102 valence electrons. The first-order valence-electron chi connectivity index (χ1n) is 6.42. The maximum atomic E-state index is 11.5. The van der Waals surface area contributed by atoms with Crippen LogP contribution in [0.15, 0.2) is 0 Å². The molecule has 0 bridgehead atoms. The highest BCUT2D eigenvalue weighted by molar-refractivity contribution is 14.1.